The molecule has 6 heteroatoms. The molecule has 0 saturated heterocycles. The lowest BCUT2D eigenvalue weighted by Gasteiger charge is -2.18. The van der Waals surface area contributed by atoms with E-state index in [1.54, 1.807) is 20.8 Å². The number of carbonyl (C=O) groups excluding carboxylic acids is 1. The third-order valence-electron chi connectivity index (χ3n) is 1.60. The van der Waals surface area contributed by atoms with E-state index in [2.05, 4.69) is 4.98 Å². The topological polar surface area (TPSA) is 81.4 Å². The molecule has 1 heterocycles. The minimum Gasteiger partial charge on any atom is -0.478 e. The predicted octanol–water partition coefficient (Wildman–Crippen LogP) is 1.76. The Bertz CT molecular complexity index is 454. The maximum Gasteiger partial charge on any atom is 0.419 e. The summed E-state index contributed by atoms with van der Waals surface area (Å²) in [6.45, 7) is 5.27. The van der Waals surface area contributed by atoms with Crippen molar-refractivity contribution in [3.8, 4) is 0 Å². The van der Waals surface area contributed by atoms with Gasteiger partial charge in [0.1, 0.15) is 11.9 Å². The molecule has 0 aliphatic carbocycles. The first-order valence-corrected chi connectivity index (χ1v) is 4.96. The fourth-order valence-corrected chi connectivity index (χ4v) is 0.995. The molecule has 1 aromatic rings. The standard InChI is InChI=1S/C11H14N2O4/c1-11(2,3)17-10(16)13-6-8(12-7-13)4-5-9(14)15/h4-7H,1-3H3,(H,14,15)/b5-4+. The maximum atomic E-state index is 11.6. The van der Waals surface area contributed by atoms with Crippen molar-refractivity contribution < 1.29 is 19.4 Å². The summed E-state index contributed by atoms with van der Waals surface area (Å²) >= 11 is 0. The summed E-state index contributed by atoms with van der Waals surface area (Å²) in [4.78, 5) is 25.7. The maximum absolute atomic E-state index is 11.6. The third-order valence-corrected chi connectivity index (χ3v) is 1.60. The first-order chi connectivity index (χ1) is 7.78. The van der Waals surface area contributed by atoms with Gasteiger partial charge in [-0.3, -0.25) is 0 Å². The Balaban J connectivity index is 2.74. The summed E-state index contributed by atoms with van der Waals surface area (Å²) < 4.78 is 6.27. The van der Waals surface area contributed by atoms with E-state index in [9.17, 15) is 9.59 Å². The fourth-order valence-electron chi connectivity index (χ4n) is 0.995. The van der Waals surface area contributed by atoms with Crippen LogP contribution in [-0.2, 0) is 9.53 Å². The number of hydrogen-bond acceptors (Lipinski definition) is 4. The number of nitrogens with zero attached hydrogens (tertiary/aromatic N) is 2. The SMILES string of the molecule is CC(C)(C)OC(=O)n1cnc(/C=C/C(=O)O)c1. The zero-order valence-corrected chi connectivity index (χ0v) is 9.88. The van der Waals surface area contributed by atoms with Crippen molar-refractivity contribution in [3.05, 3.63) is 24.3 Å². The van der Waals surface area contributed by atoms with Crippen molar-refractivity contribution in [2.45, 2.75) is 26.4 Å². The molecule has 1 aromatic heterocycles. The molecule has 0 amide bonds. The van der Waals surface area contributed by atoms with Gasteiger partial charge in [0.15, 0.2) is 0 Å². The van der Waals surface area contributed by atoms with Crippen LogP contribution >= 0.6 is 0 Å². The van der Waals surface area contributed by atoms with Crippen molar-refractivity contribution in [2.24, 2.45) is 0 Å². The number of aliphatic carboxylic acids is 1. The summed E-state index contributed by atoms with van der Waals surface area (Å²) in [7, 11) is 0. The Hall–Kier alpha value is -2.11. The molecule has 0 spiro atoms. The van der Waals surface area contributed by atoms with Crippen LogP contribution < -0.4 is 0 Å². The average Bonchev–Trinajstić information content (AvgIpc) is 2.60. The minimum atomic E-state index is -1.07. The number of carbonyl (C=O) groups is 2. The van der Waals surface area contributed by atoms with Gasteiger partial charge in [0.25, 0.3) is 0 Å². The van der Waals surface area contributed by atoms with Crippen molar-refractivity contribution in [1.29, 1.82) is 0 Å². The highest BCUT2D eigenvalue weighted by Crippen LogP contribution is 2.09. The molecular formula is C11H14N2O4. The van der Waals surface area contributed by atoms with Crippen molar-refractivity contribution >= 4 is 18.1 Å². The second-order valence-corrected chi connectivity index (χ2v) is 4.36. The number of ether oxygens (including phenoxy) is 1. The average molecular weight is 238 g/mol. The molecule has 1 rings (SSSR count). The Labute approximate surface area is 98.5 Å². The Kier molecular flexibility index (Phi) is 3.67. The van der Waals surface area contributed by atoms with Crippen LogP contribution in [0.1, 0.15) is 26.5 Å². The number of carboxylic acids is 1. The zero-order chi connectivity index (χ0) is 13.1. The number of carboxylic acid groups (broad SMARTS) is 1. The number of hydrogen-bond donors (Lipinski definition) is 1. The van der Waals surface area contributed by atoms with Gasteiger partial charge in [0.05, 0.1) is 5.69 Å². The summed E-state index contributed by atoms with van der Waals surface area (Å²) in [6.07, 6.45) is 4.36. The number of rotatable bonds is 2. The molecule has 6 nitrogen and oxygen atoms in total. The van der Waals surface area contributed by atoms with Crippen molar-refractivity contribution in [2.75, 3.05) is 0 Å². The van der Waals surface area contributed by atoms with E-state index in [1.165, 1.54) is 18.6 Å². The molecule has 0 radical (unpaired) electrons. The lowest BCUT2D eigenvalue weighted by Crippen LogP contribution is -2.26. The molecule has 0 unspecified atom stereocenters. The largest absolute Gasteiger partial charge is 0.478 e. The Morgan fingerprint density at radius 2 is 2.12 bits per heavy atom. The van der Waals surface area contributed by atoms with Crippen LogP contribution in [-0.4, -0.2) is 32.3 Å². The molecule has 0 fully saturated rings. The van der Waals surface area contributed by atoms with Crippen LogP contribution in [0.25, 0.3) is 6.08 Å². The van der Waals surface area contributed by atoms with Gasteiger partial charge in [-0.05, 0) is 26.8 Å². The normalized spacial score (nSPS) is 11.7. The summed E-state index contributed by atoms with van der Waals surface area (Å²) in [5.41, 5.74) is -0.212. The molecule has 0 aliphatic heterocycles. The monoisotopic (exact) mass is 238 g/mol. The molecule has 1 N–H and O–H groups in total. The first kappa shape index (κ1) is 13.0. The van der Waals surface area contributed by atoms with E-state index in [-0.39, 0.29) is 0 Å². The van der Waals surface area contributed by atoms with E-state index < -0.39 is 17.7 Å². The van der Waals surface area contributed by atoms with Gasteiger partial charge in [-0.1, -0.05) is 0 Å². The molecule has 92 valence electrons. The zero-order valence-electron chi connectivity index (χ0n) is 9.88. The van der Waals surface area contributed by atoms with Gasteiger partial charge in [-0.15, -0.1) is 0 Å². The molecule has 0 bridgehead atoms. The molecule has 0 aromatic carbocycles. The quantitative estimate of drug-likeness (QED) is 0.794. The second-order valence-electron chi connectivity index (χ2n) is 4.36. The first-order valence-electron chi connectivity index (χ1n) is 4.96. The Morgan fingerprint density at radius 1 is 1.47 bits per heavy atom. The summed E-state index contributed by atoms with van der Waals surface area (Å²) in [5.74, 6) is -1.07. The predicted molar refractivity (Wildman–Crippen MR) is 60.5 cm³/mol. The highest BCUT2D eigenvalue weighted by Gasteiger charge is 2.17. The molecule has 0 saturated carbocycles. The van der Waals surface area contributed by atoms with Gasteiger partial charge < -0.3 is 9.84 Å². The van der Waals surface area contributed by atoms with Crippen LogP contribution in [0.4, 0.5) is 4.79 Å². The summed E-state index contributed by atoms with van der Waals surface area (Å²) in [5, 5.41) is 8.43. The number of imidazole rings is 1. The Morgan fingerprint density at radius 3 is 2.65 bits per heavy atom. The van der Waals surface area contributed by atoms with Gasteiger partial charge in [-0.25, -0.2) is 19.1 Å². The molecule has 0 atom stereocenters. The fraction of sp³-hybridized carbons (Fsp3) is 0.364. The van der Waals surface area contributed by atoms with Gasteiger partial charge >= 0.3 is 12.1 Å². The number of aromatic nitrogens is 2. The van der Waals surface area contributed by atoms with Gasteiger partial charge in [0.2, 0.25) is 0 Å². The van der Waals surface area contributed by atoms with Crippen LogP contribution in [0.5, 0.6) is 0 Å². The van der Waals surface area contributed by atoms with Crippen LogP contribution in [0.3, 0.4) is 0 Å². The van der Waals surface area contributed by atoms with Gasteiger partial charge in [0, 0.05) is 12.3 Å². The van der Waals surface area contributed by atoms with E-state index in [1.807, 2.05) is 0 Å². The van der Waals surface area contributed by atoms with Crippen LogP contribution in [0, 0.1) is 0 Å². The van der Waals surface area contributed by atoms with Gasteiger partial charge in [-0.2, -0.15) is 0 Å². The third kappa shape index (κ3) is 4.50. The molecule has 17 heavy (non-hydrogen) atoms. The van der Waals surface area contributed by atoms with E-state index >= 15 is 0 Å². The second kappa shape index (κ2) is 4.82. The van der Waals surface area contributed by atoms with Crippen LogP contribution in [0.2, 0.25) is 0 Å². The lowest BCUT2D eigenvalue weighted by atomic mass is 10.2. The minimum absolute atomic E-state index is 0.373. The molecule has 0 aliphatic rings. The highest BCUT2D eigenvalue weighted by atomic mass is 16.6. The van der Waals surface area contributed by atoms with E-state index in [0.29, 0.717) is 5.69 Å². The lowest BCUT2D eigenvalue weighted by molar-refractivity contribution is -0.131. The smallest absolute Gasteiger partial charge is 0.419 e. The van der Waals surface area contributed by atoms with E-state index in [0.717, 1.165) is 10.6 Å². The van der Waals surface area contributed by atoms with Crippen LogP contribution in [0.15, 0.2) is 18.6 Å². The van der Waals surface area contributed by atoms with E-state index in [4.69, 9.17) is 9.84 Å². The van der Waals surface area contributed by atoms with Crippen molar-refractivity contribution in [3.63, 3.8) is 0 Å². The van der Waals surface area contributed by atoms with Crippen molar-refractivity contribution in [1.82, 2.24) is 9.55 Å². The summed E-state index contributed by atoms with van der Waals surface area (Å²) in [6, 6.07) is 0. The highest BCUT2D eigenvalue weighted by molar-refractivity contribution is 5.85. The molecular weight excluding hydrogens is 224 g/mol.